The predicted molar refractivity (Wildman–Crippen MR) is 91.9 cm³/mol. The molecule has 0 saturated carbocycles. The molecule has 0 atom stereocenters. The van der Waals surface area contributed by atoms with Gasteiger partial charge < -0.3 is 25.0 Å². The second kappa shape index (κ2) is 7.65. The summed E-state index contributed by atoms with van der Waals surface area (Å²) in [4.78, 5) is 2.51. The summed E-state index contributed by atoms with van der Waals surface area (Å²) in [6.07, 6.45) is 3.80. The Hall–Kier alpha value is -1.53. The van der Waals surface area contributed by atoms with Gasteiger partial charge in [0.1, 0.15) is 13.2 Å². The molecule has 1 aromatic carbocycles. The van der Waals surface area contributed by atoms with Gasteiger partial charge in [0.05, 0.1) is 0 Å². The summed E-state index contributed by atoms with van der Waals surface area (Å²) in [6.45, 7) is 5.75. The summed E-state index contributed by atoms with van der Waals surface area (Å²) in [6, 6.07) is 5.78. The standard InChI is InChI=1S/C16H23N3O2S/c22-16(17-6-3-9-19-7-1-2-8-19)18-13-4-5-14-15(12-13)21-11-10-20-14/h4-5,12H,1-3,6-11H2,(H2,17,18,22). The minimum absolute atomic E-state index is 0.593. The third kappa shape index (κ3) is 4.24. The number of hydrogen-bond acceptors (Lipinski definition) is 4. The Morgan fingerprint density at radius 3 is 2.73 bits per heavy atom. The maximum atomic E-state index is 5.57. The van der Waals surface area contributed by atoms with Crippen molar-refractivity contribution in [1.82, 2.24) is 10.2 Å². The van der Waals surface area contributed by atoms with E-state index in [0.29, 0.717) is 18.3 Å². The summed E-state index contributed by atoms with van der Waals surface area (Å²) in [5.74, 6) is 1.56. The Kier molecular flexibility index (Phi) is 5.34. The van der Waals surface area contributed by atoms with Gasteiger partial charge in [0, 0.05) is 18.3 Å². The number of anilines is 1. The highest BCUT2D eigenvalue weighted by molar-refractivity contribution is 7.80. The fourth-order valence-electron chi connectivity index (χ4n) is 2.81. The lowest BCUT2D eigenvalue weighted by Crippen LogP contribution is -2.31. The molecule has 0 amide bonds. The zero-order valence-corrected chi connectivity index (χ0v) is 13.6. The molecule has 0 bridgehead atoms. The maximum absolute atomic E-state index is 5.57. The zero-order valence-electron chi connectivity index (χ0n) is 12.8. The predicted octanol–water partition coefficient (Wildman–Crippen LogP) is 2.23. The van der Waals surface area contributed by atoms with Crippen molar-refractivity contribution < 1.29 is 9.47 Å². The van der Waals surface area contributed by atoms with Gasteiger partial charge in [-0.05, 0) is 63.2 Å². The van der Waals surface area contributed by atoms with E-state index in [1.54, 1.807) is 0 Å². The monoisotopic (exact) mass is 321 g/mol. The van der Waals surface area contributed by atoms with E-state index in [4.69, 9.17) is 21.7 Å². The molecule has 3 rings (SSSR count). The van der Waals surface area contributed by atoms with Crippen molar-refractivity contribution >= 4 is 23.0 Å². The van der Waals surface area contributed by atoms with E-state index in [0.717, 1.165) is 36.7 Å². The molecule has 0 aromatic heterocycles. The Bertz CT molecular complexity index is 518. The molecule has 2 aliphatic heterocycles. The Morgan fingerprint density at radius 2 is 1.91 bits per heavy atom. The van der Waals surface area contributed by atoms with Crippen LogP contribution in [0.1, 0.15) is 19.3 Å². The normalized spacial score (nSPS) is 17.3. The minimum Gasteiger partial charge on any atom is -0.486 e. The molecule has 2 aliphatic rings. The van der Waals surface area contributed by atoms with Crippen LogP contribution in [0.15, 0.2) is 18.2 Å². The molecule has 0 spiro atoms. The maximum Gasteiger partial charge on any atom is 0.170 e. The van der Waals surface area contributed by atoms with Gasteiger partial charge in [-0.1, -0.05) is 0 Å². The Labute approximate surface area is 137 Å². The first-order valence-corrected chi connectivity index (χ1v) is 8.39. The molecule has 6 heteroatoms. The highest BCUT2D eigenvalue weighted by Crippen LogP contribution is 2.32. The summed E-state index contributed by atoms with van der Waals surface area (Å²) < 4.78 is 11.1. The molecule has 1 saturated heterocycles. The fraction of sp³-hybridized carbons (Fsp3) is 0.562. The van der Waals surface area contributed by atoms with Crippen molar-refractivity contribution in [2.45, 2.75) is 19.3 Å². The molecule has 2 heterocycles. The SMILES string of the molecule is S=C(NCCCN1CCCC1)Nc1ccc2c(c1)OCCO2. The van der Waals surface area contributed by atoms with Crippen LogP contribution in [-0.2, 0) is 0 Å². The van der Waals surface area contributed by atoms with E-state index in [1.165, 1.54) is 25.9 Å². The van der Waals surface area contributed by atoms with Crippen LogP contribution in [0.25, 0.3) is 0 Å². The fourth-order valence-corrected chi connectivity index (χ4v) is 3.03. The number of thiocarbonyl (C=S) groups is 1. The van der Waals surface area contributed by atoms with E-state index in [1.807, 2.05) is 18.2 Å². The second-order valence-electron chi connectivity index (χ2n) is 5.64. The van der Waals surface area contributed by atoms with Crippen LogP contribution in [-0.4, -0.2) is 49.4 Å². The molecule has 5 nitrogen and oxygen atoms in total. The lowest BCUT2D eigenvalue weighted by Gasteiger charge is -2.19. The van der Waals surface area contributed by atoms with E-state index >= 15 is 0 Å². The van der Waals surface area contributed by atoms with Gasteiger partial charge >= 0.3 is 0 Å². The smallest absolute Gasteiger partial charge is 0.170 e. The van der Waals surface area contributed by atoms with Crippen molar-refractivity contribution in [2.24, 2.45) is 0 Å². The quantitative estimate of drug-likeness (QED) is 0.640. The summed E-state index contributed by atoms with van der Waals surface area (Å²) in [5, 5.41) is 7.10. The van der Waals surface area contributed by atoms with Crippen molar-refractivity contribution in [3.63, 3.8) is 0 Å². The third-order valence-electron chi connectivity index (χ3n) is 3.94. The van der Waals surface area contributed by atoms with Crippen LogP contribution < -0.4 is 20.1 Å². The van der Waals surface area contributed by atoms with E-state index < -0.39 is 0 Å². The van der Waals surface area contributed by atoms with Gasteiger partial charge in [0.15, 0.2) is 16.6 Å². The van der Waals surface area contributed by atoms with Crippen molar-refractivity contribution in [3.05, 3.63) is 18.2 Å². The number of rotatable bonds is 5. The first kappa shape index (κ1) is 15.4. The molecule has 2 N–H and O–H groups in total. The van der Waals surface area contributed by atoms with Crippen LogP contribution in [0.4, 0.5) is 5.69 Å². The lowest BCUT2D eigenvalue weighted by atomic mass is 10.2. The van der Waals surface area contributed by atoms with Gasteiger partial charge in [-0.15, -0.1) is 0 Å². The number of likely N-dealkylation sites (tertiary alicyclic amines) is 1. The molecule has 1 fully saturated rings. The molecule has 0 radical (unpaired) electrons. The van der Waals surface area contributed by atoms with Gasteiger partial charge in [0.25, 0.3) is 0 Å². The van der Waals surface area contributed by atoms with Crippen molar-refractivity contribution in [2.75, 3.05) is 44.7 Å². The molecule has 1 aromatic rings. The number of nitrogens with zero attached hydrogens (tertiary/aromatic N) is 1. The first-order chi connectivity index (χ1) is 10.8. The van der Waals surface area contributed by atoms with Crippen LogP contribution >= 0.6 is 12.2 Å². The zero-order chi connectivity index (χ0) is 15.2. The number of nitrogens with one attached hydrogen (secondary N) is 2. The Balaban J connectivity index is 1.39. The van der Waals surface area contributed by atoms with Gasteiger partial charge in [-0.2, -0.15) is 0 Å². The van der Waals surface area contributed by atoms with Crippen LogP contribution in [0, 0.1) is 0 Å². The second-order valence-corrected chi connectivity index (χ2v) is 6.05. The molecule has 0 aliphatic carbocycles. The summed E-state index contributed by atoms with van der Waals surface area (Å²) in [5.41, 5.74) is 0.918. The number of ether oxygens (including phenoxy) is 2. The Morgan fingerprint density at radius 1 is 1.14 bits per heavy atom. The molecule has 22 heavy (non-hydrogen) atoms. The molecular formula is C16H23N3O2S. The first-order valence-electron chi connectivity index (χ1n) is 7.98. The van der Waals surface area contributed by atoms with Crippen LogP contribution in [0.2, 0.25) is 0 Å². The highest BCUT2D eigenvalue weighted by atomic mass is 32.1. The average molecular weight is 321 g/mol. The molecule has 120 valence electrons. The summed E-state index contributed by atoms with van der Waals surface area (Å²) in [7, 11) is 0. The minimum atomic E-state index is 0.593. The van der Waals surface area contributed by atoms with Gasteiger partial charge in [0.2, 0.25) is 0 Å². The van der Waals surface area contributed by atoms with E-state index in [-0.39, 0.29) is 0 Å². The number of hydrogen-bond donors (Lipinski definition) is 2. The highest BCUT2D eigenvalue weighted by Gasteiger charge is 2.12. The molecule has 0 unspecified atom stereocenters. The van der Waals surface area contributed by atoms with E-state index in [2.05, 4.69) is 15.5 Å². The topological polar surface area (TPSA) is 45.8 Å². The largest absolute Gasteiger partial charge is 0.486 e. The van der Waals surface area contributed by atoms with Crippen molar-refractivity contribution in [3.8, 4) is 11.5 Å². The van der Waals surface area contributed by atoms with Gasteiger partial charge in [-0.25, -0.2) is 0 Å². The number of fused-ring (bicyclic) bond motifs is 1. The van der Waals surface area contributed by atoms with Crippen molar-refractivity contribution in [1.29, 1.82) is 0 Å². The van der Waals surface area contributed by atoms with Crippen LogP contribution in [0.3, 0.4) is 0 Å². The summed E-state index contributed by atoms with van der Waals surface area (Å²) >= 11 is 5.33. The number of benzene rings is 1. The van der Waals surface area contributed by atoms with Gasteiger partial charge in [-0.3, -0.25) is 0 Å². The average Bonchev–Trinajstić information content (AvgIpc) is 3.05. The molecular weight excluding hydrogens is 298 g/mol. The lowest BCUT2D eigenvalue weighted by molar-refractivity contribution is 0.171. The van der Waals surface area contributed by atoms with E-state index in [9.17, 15) is 0 Å². The third-order valence-corrected chi connectivity index (χ3v) is 4.18. The van der Waals surface area contributed by atoms with Crippen LogP contribution in [0.5, 0.6) is 11.5 Å².